The predicted molar refractivity (Wildman–Crippen MR) is 75.4 cm³/mol. The normalized spacial score (nSPS) is 19.0. The molecule has 0 N–H and O–H groups in total. The lowest BCUT2D eigenvalue weighted by atomic mass is 10.1. The Morgan fingerprint density at radius 3 is 2.95 bits per heavy atom. The van der Waals surface area contributed by atoms with Crippen LogP contribution in [-0.2, 0) is 9.59 Å². The lowest BCUT2D eigenvalue weighted by Crippen LogP contribution is -2.26. The second kappa shape index (κ2) is 5.88. The maximum absolute atomic E-state index is 12.0. The summed E-state index contributed by atoms with van der Waals surface area (Å²) >= 11 is 7.06. The molecule has 19 heavy (non-hydrogen) atoms. The first kappa shape index (κ1) is 14.3. The number of hydrogen-bond donors (Lipinski definition) is 0. The van der Waals surface area contributed by atoms with Gasteiger partial charge in [0.2, 0.25) is 11.2 Å². The van der Waals surface area contributed by atoms with Crippen LogP contribution in [0.15, 0.2) is 6.07 Å². The van der Waals surface area contributed by atoms with Crippen LogP contribution >= 0.6 is 23.4 Å². The number of anilines is 1. The molecule has 5 nitrogen and oxygen atoms in total. The van der Waals surface area contributed by atoms with Crippen molar-refractivity contribution in [1.82, 2.24) is 9.97 Å². The van der Waals surface area contributed by atoms with Gasteiger partial charge < -0.3 is 0 Å². The molecule has 0 saturated carbocycles. The highest BCUT2D eigenvalue weighted by atomic mass is 35.5. The van der Waals surface area contributed by atoms with Crippen molar-refractivity contribution >= 4 is 40.2 Å². The van der Waals surface area contributed by atoms with E-state index in [0.29, 0.717) is 24.5 Å². The highest BCUT2D eigenvalue weighted by molar-refractivity contribution is 8.13. The molecular formula is C12H14ClN3O2S. The Morgan fingerprint density at radius 1 is 1.58 bits per heavy atom. The van der Waals surface area contributed by atoms with Gasteiger partial charge >= 0.3 is 0 Å². The Balaban J connectivity index is 2.09. The third-order valence-electron chi connectivity index (χ3n) is 2.82. The molecule has 2 rings (SSSR count). The molecule has 1 saturated heterocycles. The molecule has 102 valence electrons. The van der Waals surface area contributed by atoms with Crippen LogP contribution in [0.4, 0.5) is 5.82 Å². The maximum atomic E-state index is 12.0. The van der Waals surface area contributed by atoms with Crippen LogP contribution in [0.3, 0.4) is 0 Å². The minimum atomic E-state index is 0.0170. The Kier molecular flexibility index (Phi) is 4.42. The van der Waals surface area contributed by atoms with Gasteiger partial charge in [-0.15, -0.1) is 0 Å². The fourth-order valence-electron chi connectivity index (χ4n) is 2.00. The molecule has 0 aromatic carbocycles. The highest BCUT2D eigenvalue weighted by Crippen LogP contribution is 2.27. The number of amides is 1. The van der Waals surface area contributed by atoms with E-state index < -0.39 is 0 Å². The van der Waals surface area contributed by atoms with Crippen molar-refractivity contribution in [2.75, 3.05) is 17.2 Å². The number of halogens is 1. The maximum Gasteiger partial charge on any atom is 0.228 e. The molecule has 1 unspecified atom stereocenters. The molecule has 0 spiro atoms. The minimum absolute atomic E-state index is 0.0170. The molecule has 1 fully saturated rings. The molecule has 1 atom stereocenters. The van der Waals surface area contributed by atoms with Crippen LogP contribution in [0, 0.1) is 12.8 Å². The number of carbonyl (C=O) groups is 2. The number of hydrogen-bond acceptors (Lipinski definition) is 5. The first-order chi connectivity index (χ1) is 8.95. The smallest absolute Gasteiger partial charge is 0.228 e. The summed E-state index contributed by atoms with van der Waals surface area (Å²) in [6.45, 7) is 3.92. The largest absolute Gasteiger partial charge is 0.296 e. The predicted octanol–water partition coefficient (Wildman–Crippen LogP) is 2.07. The van der Waals surface area contributed by atoms with Gasteiger partial charge in [-0.2, -0.15) is 0 Å². The second-order valence-corrected chi connectivity index (χ2v) is 6.05. The monoisotopic (exact) mass is 299 g/mol. The van der Waals surface area contributed by atoms with Crippen molar-refractivity contribution in [2.45, 2.75) is 20.3 Å². The van der Waals surface area contributed by atoms with Crippen LogP contribution in [0.5, 0.6) is 0 Å². The molecule has 2 heterocycles. The number of aryl methyl sites for hydroxylation is 1. The summed E-state index contributed by atoms with van der Waals surface area (Å²) in [4.78, 5) is 32.6. The number of aromatic nitrogens is 2. The van der Waals surface area contributed by atoms with Gasteiger partial charge in [-0.3, -0.25) is 14.5 Å². The zero-order valence-corrected chi connectivity index (χ0v) is 12.3. The molecule has 1 aromatic heterocycles. The lowest BCUT2D eigenvalue weighted by molar-refractivity contribution is -0.117. The van der Waals surface area contributed by atoms with Crippen molar-refractivity contribution in [3.05, 3.63) is 17.0 Å². The van der Waals surface area contributed by atoms with Gasteiger partial charge in [0.05, 0.1) is 0 Å². The van der Waals surface area contributed by atoms with Crippen LogP contribution in [0.25, 0.3) is 0 Å². The Bertz CT molecular complexity index is 503. The first-order valence-electron chi connectivity index (χ1n) is 5.90. The van der Waals surface area contributed by atoms with Crippen LogP contribution in [-0.4, -0.2) is 33.3 Å². The Labute approximate surface area is 120 Å². The molecule has 1 amide bonds. The van der Waals surface area contributed by atoms with E-state index in [1.54, 1.807) is 17.9 Å². The van der Waals surface area contributed by atoms with Gasteiger partial charge in [-0.25, -0.2) is 9.97 Å². The second-order valence-electron chi connectivity index (χ2n) is 4.51. The van der Waals surface area contributed by atoms with Gasteiger partial charge in [-0.05, 0) is 24.4 Å². The Hall–Kier alpha value is -1.14. The van der Waals surface area contributed by atoms with Crippen molar-refractivity contribution in [1.29, 1.82) is 0 Å². The highest BCUT2D eigenvalue weighted by Gasteiger charge is 2.31. The first-order valence-corrected chi connectivity index (χ1v) is 7.27. The number of nitrogens with zero attached hydrogens (tertiary/aromatic N) is 3. The van der Waals surface area contributed by atoms with E-state index in [4.69, 9.17) is 11.6 Å². The fourth-order valence-corrected chi connectivity index (χ4v) is 2.92. The lowest BCUT2D eigenvalue weighted by Gasteiger charge is -2.15. The molecule has 0 aliphatic carbocycles. The third-order valence-corrected chi connectivity index (χ3v) is 4.03. The molecule has 0 radical (unpaired) electrons. The topological polar surface area (TPSA) is 63.2 Å². The average Bonchev–Trinajstić information content (AvgIpc) is 2.66. The third kappa shape index (κ3) is 3.67. The zero-order valence-electron chi connectivity index (χ0n) is 10.7. The van der Waals surface area contributed by atoms with Gasteiger partial charge in [0.1, 0.15) is 5.82 Å². The van der Waals surface area contributed by atoms with Crippen molar-refractivity contribution in [2.24, 2.45) is 5.92 Å². The summed E-state index contributed by atoms with van der Waals surface area (Å²) < 4.78 is 0. The summed E-state index contributed by atoms with van der Waals surface area (Å²) in [6, 6.07) is 1.74. The number of rotatable bonds is 3. The summed E-state index contributed by atoms with van der Waals surface area (Å²) in [6.07, 6.45) is 0.445. The SMILES string of the molecule is CC(=O)SCC1CC(=O)N(c2cc(C)nc(Cl)n2)C1. The van der Waals surface area contributed by atoms with Crippen LogP contribution < -0.4 is 4.90 Å². The van der Waals surface area contributed by atoms with E-state index in [-0.39, 0.29) is 22.2 Å². The summed E-state index contributed by atoms with van der Waals surface area (Å²) in [5, 5.41) is 0.219. The minimum Gasteiger partial charge on any atom is -0.296 e. The zero-order chi connectivity index (χ0) is 14.0. The van der Waals surface area contributed by atoms with Gasteiger partial charge in [0, 0.05) is 37.4 Å². The Morgan fingerprint density at radius 2 is 2.32 bits per heavy atom. The van der Waals surface area contributed by atoms with E-state index in [1.807, 2.05) is 0 Å². The molecule has 1 aromatic rings. The molecule has 7 heteroatoms. The van der Waals surface area contributed by atoms with E-state index in [9.17, 15) is 9.59 Å². The molecular weight excluding hydrogens is 286 g/mol. The van der Waals surface area contributed by atoms with Crippen molar-refractivity contribution in [3.63, 3.8) is 0 Å². The van der Waals surface area contributed by atoms with Crippen LogP contribution in [0.2, 0.25) is 5.28 Å². The molecule has 0 bridgehead atoms. The molecule has 1 aliphatic rings. The fraction of sp³-hybridized carbons (Fsp3) is 0.500. The van der Waals surface area contributed by atoms with Gasteiger partial charge in [0.25, 0.3) is 0 Å². The van der Waals surface area contributed by atoms with Crippen molar-refractivity contribution in [3.8, 4) is 0 Å². The average molecular weight is 300 g/mol. The number of thioether (sulfide) groups is 1. The van der Waals surface area contributed by atoms with E-state index in [0.717, 1.165) is 5.69 Å². The van der Waals surface area contributed by atoms with Crippen molar-refractivity contribution < 1.29 is 9.59 Å². The summed E-state index contributed by atoms with van der Waals surface area (Å²) in [7, 11) is 0. The summed E-state index contributed by atoms with van der Waals surface area (Å²) in [5.41, 5.74) is 0.726. The van der Waals surface area contributed by atoms with Crippen LogP contribution in [0.1, 0.15) is 19.0 Å². The van der Waals surface area contributed by atoms with Gasteiger partial charge in [0.15, 0.2) is 5.12 Å². The van der Waals surface area contributed by atoms with E-state index in [1.165, 1.54) is 18.7 Å². The number of carbonyl (C=O) groups excluding carboxylic acids is 2. The molecule has 1 aliphatic heterocycles. The van der Waals surface area contributed by atoms with Gasteiger partial charge in [-0.1, -0.05) is 11.8 Å². The summed E-state index contributed by atoms with van der Waals surface area (Å²) in [5.74, 6) is 1.40. The standard InChI is InChI=1S/C12H14ClN3O2S/c1-7-3-10(15-12(13)14-7)16-5-9(4-11(16)18)6-19-8(2)17/h3,9H,4-6H2,1-2H3. The quantitative estimate of drug-likeness (QED) is 0.800. The van der Waals surface area contributed by atoms with E-state index >= 15 is 0 Å². The van der Waals surface area contributed by atoms with E-state index in [2.05, 4.69) is 9.97 Å².